The Hall–Kier alpha value is -1.26. The van der Waals surface area contributed by atoms with E-state index in [1.165, 1.54) is 0 Å². The molecule has 4 atom stereocenters. The van der Waals surface area contributed by atoms with E-state index in [0.717, 1.165) is 12.8 Å². The van der Waals surface area contributed by atoms with Crippen LogP contribution in [0.1, 0.15) is 47.0 Å². The van der Waals surface area contributed by atoms with Crippen molar-refractivity contribution in [3.63, 3.8) is 0 Å². The number of carbonyl (C=O) groups is 1. The predicted molar refractivity (Wildman–Crippen MR) is 71.3 cm³/mol. The molecule has 1 aliphatic carbocycles. The maximum absolute atomic E-state index is 12.3. The Morgan fingerprint density at radius 1 is 1.50 bits per heavy atom. The fraction of sp³-hybridized carbons (Fsp3) is 0.846. The zero-order valence-electron chi connectivity index (χ0n) is 11.7. The van der Waals surface area contributed by atoms with E-state index in [-0.39, 0.29) is 17.8 Å². The highest BCUT2D eigenvalue weighted by molar-refractivity contribution is 6.06. The first-order valence-corrected chi connectivity index (χ1v) is 6.65. The van der Waals surface area contributed by atoms with E-state index < -0.39 is 5.41 Å². The van der Waals surface area contributed by atoms with E-state index in [1.54, 1.807) is 6.92 Å². The maximum atomic E-state index is 12.3. The van der Waals surface area contributed by atoms with Crippen LogP contribution in [0.15, 0.2) is 5.16 Å². The highest BCUT2D eigenvalue weighted by Crippen LogP contribution is 2.32. The molecule has 0 aromatic rings. The van der Waals surface area contributed by atoms with Crippen molar-refractivity contribution in [2.75, 3.05) is 0 Å². The number of amides is 1. The third-order valence-corrected chi connectivity index (χ3v) is 4.66. The molecule has 0 saturated heterocycles. The molecule has 0 radical (unpaired) electrons. The molecule has 5 heteroatoms. The number of hydrogen-bond donors (Lipinski definition) is 3. The summed E-state index contributed by atoms with van der Waals surface area (Å²) >= 11 is 0. The Bertz CT molecular complexity index is 343. The molecular weight excluding hydrogens is 230 g/mol. The molecule has 1 saturated carbocycles. The number of nitrogens with zero attached hydrogens (tertiary/aromatic N) is 1. The molecule has 1 fully saturated rings. The van der Waals surface area contributed by atoms with Gasteiger partial charge >= 0.3 is 0 Å². The Morgan fingerprint density at radius 2 is 2.11 bits per heavy atom. The van der Waals surface area contributed by atoms with Gasteiger partial charge in [0.25, 0.3) is 0 Å². The predicted octanol–water partition coefficient (Wildman–Crippen LogP) is 1.70. The van der Waals surface area contributed by atoms with Crippen molar-refractivity contribution in [3.05, 3.63) is 0 Å². The van der Waals surface area contributed by atoms with Gasteiger partial charge in [-0.05, 0) is 38.0 Å². The lowest BCUT2D eigenvalue weighted by Crippen LogP contribution is -2.51. The van der Waals surface area contributed by atoms with Crippen molar-refractivity contribution in [2.45, 2.75) is 53.0 Å². The van der Waals surface area contributed by atoms with Crippen molar-refractivity contribution in [1.82, 2.24) is 5.32 Å². The summed E-state index contributed by atoms with van der Waals surface area (Å²) in [5, 5.41) is 14.8. The Kier molecular flexibility index (Phi) is 4.59. The average molecular weight is 255 g/mol. The van der Waals surface area contributed by atoms with Crippen LogP contribution < -0.4 is 11.1 Å². The van der Waals surface area contributed by atoms with Gasteiger partial charge in [-0.2, -0.15) is 0 Å². The Morgan fingerprint density at radius 3 is 2.50 bits per heavy atom. The summed E-state index contributed by atoms with van der Waals surface area (Å²) in [6.45, 7) is 7.94. The highest BCUT2D eigenvalue weighted by atomic mass is 16.4. The summed E-state index contributed by atoms with van der Waals surface area (Å²) in [6.07, 6.45) is 2.65. The molecule has 0 aromatic carbocycles. The van der Waals surface area contributed by atoms with Gasteiger partial charge in [0.2, 0.25) is 5.91 Å². The number of nitrogens with one attached hydrogen (secondary N) is 1. The van der Waals surface area contributed by atoms with Gasteiger partial charge in [0.1, 0.15) is 5.41 Å². The lowest BCUT2D eigenvalue weighted by Gasteiger charge is -2.29. The molecule has 104 valence electrons. The lowest BCUT2D eigenvalue weighted by atomic mass is 9.84. The van der Waals surface area contributed by atoms with E-state index >= 15 is 0 Å². The molecule has 1 amide bonds. The van der Waals surface area contributed by atoms with Crippen LogP contribution >= 0.6 is 0 Å². The molecule has 5 nitrogen and oxygen atoms in total. The van der Waals surface area contributed by atoms with Gasteiger partial charge in [-0.15, -0.1) is 0 Å². The number of nitrogens with two attached hydrogens (primary N) is 1. The number of amidine groups is 1. The first-order valence-electron chi connectivity index (χ1n) is 6.65. The van der Waals surface area contributed by atoms with Gasteiger partial charge in [-0.3, -0.25) is 4.79 Å². The summed E-state index contributed by atoms with van der Waals surface area (Å²) in [6, 6.07) is 0.199. The fourth-order valence-electron chi connectivity index (χ4n) is 2.46. The zero-order valence-corrected chi connectivity index (χ0v) is 11.7. The summed E-state index contributed by atoms with van der Waals surface area (Å²) in [5.74, 6) is 0.932. The van der Waals surface area contributed by atoms with E-state index in [0.29, 0.717) is 18.3 Å². The van der Waals surface area contributed by atoms with Gasteiger partial charge in [0, 0.05) is 6.04 Å². The molecule has 1 rings (SSSR count). The van der Waals surface area contributed by atoms with Crippen molar-refractivity contribution in [3.8, 4) is 0 Å². The number of rotatable bonds is 4. The molecule has 4 unspecified atom stereocenters. The molecule has 0 heterocycles. The van der Waals surface area contributed by atoms with Crippen LogP contribution in [0.3, 0.4) is 0 Å². The van der Waals surface area contributed by atoms with Crippen LogP contribution in [0.2, 0.25) is 0 Å². The number of hydrogen-bond acceptors (Lipinski definition) is 3. The van der Waals surface area contributed by atoms with Crippen LogP contribution in [0.4, 0.5) is 0 Å². The third-order valence-electron chi connectivity index (χ3n) is 4.66. The lowest BCUT2D eigenvalue weighted by molar-refractivity contribution is -0.128. The zero-order chi connectivity index (χ0) is 13.9. The van der Waals surface area contributed by atoms with Crippen molar-refractivity contribution < 1.29 is 10.0 Å². The minimum absolute atomic E-state index is 0.0267. The number of carbonyl (C=O) groups excluding carboxylic acids is 1. The van der Waals surface area contributed by atoms with Crippen LogP contribution in [0.25, 0.3) is 0 Å². The Balaban J connectivity index is 2.75. The van der Waals surface area contributed by atoms with Crippen molar-refractivity contribution >= 4 is 11.7 Å². The second kappa shape index (κ2) is 5.59. The summed E-state index contributed by atoms with van der Waals surface area (Å²) in [5.41, 5.74) is 4.71. The molecule has 18 heavy (non-hydrogen) atoms. The van der Waals surface area contributed by atoms with Gasteiger partial charge in [0.05, 0.1) is 0 Å². The van der Waals surface area contributed by atoms with Gasteiger partial charge in [-0.1, -0.05) is 25.9 Å². The Labute approximate surface area is 109 Å². The quantitative estimate of drug-likeness (QED) is 0.309. The molecular formula is C13H25N3O2. The summed E-state index contributed by atoms with van der Waals surface area (Å²) in [4.78, 5) is 12.3. The van der Waals surface area contributed by atoms with Crippen LogP contribution in [0.5, 0.6) is 0 Å². The second-order valence-electron chi connectivity index (χ2n) is 5.66. The van der Waals surface area contributed by atoms with Crippen molar-refractivity contribution in [1.29, 1.82) is 0 Å². The van der Waals surface area contributed by atoms with Crippen LogP contribution in [0, 0.1) is 17.3 Å². The average Bonchev–Trinajstić information content (AvgIpc) is 2.68. The minimum atomic E-state index is -0.930. The van der Waals surface area contributed by atoms with E-state index in [4.69, 9.17) is 10.9 Å². The topological polar surface area (TPSA) is 87.7 Å². The SMILES string of the molecule is CCC(C)(C(=O)NC1CCC(C)C1C)C(N)=NO. The molecule has 0 aliphatic heterocycles. The molecule has 4 N–H and O–H groups in total. The van der Waals surface area contributed by atoms with E-state index in [1.807, 2.05) is 6.92 Å². The van der Waals surface area contributed by atoms with E-state index in [9.17, 15) is 4.79 Å². The van der Waals surface area contributed by atoms with Crippen molar-refractivity contribution in [2.24, 2.45) is 28.1 Å². The van der Waals surface area contributed by atoms with Crippen LogP contribution in [-0.2, 0) is 4.79 Å². The van der Waals surface area contributed by atoms with Crippen LogP contribution in [-0.4, -0.2) is 23.0 Å². The normalized spacial score (nSPS) is 32.0. The van der Waals surface area contributed by atoms with Gasteiger partial charge in [-0.25, -0.2) is 0 Å². The summed E-state index contributed by atoms with van der Waals surface area (Å²) < 4.78 is 0. The summed E-state index contributed by atoms with van der Waals surface area (Å²) in [7, 11) is 0. The van der Waals surface area contributed by atoms with E-state index in [2.05, 4.69) is 24.3 Å². The monoisotopic (exact) mass is 255 g/mol. The molecule has 0 bridgehead atoms. The van der Waals surface area contributed by atoms with Gasteiger partial charge < -0.3 is 16.3 Å². The fourth-order valence-corrected chi connectivity index (χ4v) is 2.46. The standard InChI is InChI=1S/C13H25N3O2/c1-5-13(4,11(14)16-18)12(17)15-10-7-6-8(2)9(10)3/h8-10,18H,5-7H2,1-4H3,(H2,14,16)(H,15,17). The first-order chi connectivity index (χ1) is 8.36. The molecule has 0 aromatic heterocycles. The minimum Gasteiger partial charge on any atom is -0.409 e. The smallest absolute Gasteiger partial charge is 0.233 e. The third kappa shape index (κ3) is 2.60. The van der Waals surface area contributed by atoms with Gasteiger partial charge in [0.15, 0.2) is 5.84 Å². The first kappa shape index (κ1) is 14.8. The molecule has 0 spiro atoms. The number of oxime groups is 1. The molecule has 1 aliphatic rings. The largest absolute Gasteiger partial charge is 0.409 e. The maximum Gasteiger partial charge on any atom is 0.233 e. The highest BCUT2D eigenvalue weighted by Gasteiger charge is 2.39. The second-order valence-corrected chi connectivity index (χ2v) is 5.66.